The lowest BCUT2D eigenvalue weighted by Crippen LogP contribution is -2.49. The third-order valence-corrected chi connectivity index (χ3v) is 6.24. The summed E-state index contributed by atoms with van der Waals surface area (Å²) < 4.78 is 12.8. The molecule has 0 bridgehead atoms. The van der Waals surface area contributed by atoms with Gasteiger partial charge in [-0.15, -0.1) is 0 Å². The zero-order valence-corrected chi connectivity index (χ0v) is 19.1. The fraction of sp³-hybridized carbons (Fsp3) is 0.360. The number of carbonyl (C=O) groups excluding carboxylic acids is 1. The predicted molar refractivity (Wildman–Crippen MR) is 126 cm³/mol. The van der Waals surface area contributed by atoms with Crippen molar-refractivity contribution in [1.82, 2.24) is 20.0 Å². The van der Waals surface area contributed by atoms with Crippen molar-refractivity contribution < 1.29 is 14.3 Å². The molecule has 3 heterocycles. The van der Waals surface area contributed by atoms with Crippen LogP contribution in [0.3, 0.4) is 0 Å². The van der Waals surface area contributed by atoms with E-state index in [-0.39, 0.29) is 12.7 Å². The highest BCUT2D eigenvalue weighted by molar-refractivity contribution is 5.78. The van der Waals surface area contributed by atoms with E-state index in [2.05, 4.69) is 41.1 Å². The van der Waals surface area contributed by atoms with Crippen LogP contribution in [-0.4, -0.2) is 60.1 Å². The topological polar surface area (TPSA) is 71.9 Å². The zero-order chi connectivity index (χ0) is 22.8. The van der Waals surface area contributed by atoms with Gasteiger partial charge in [0.25, 0.3) is 0 Å². The predicted octanol–water partition coefficient (Wildman–Crippen LogP) is 2.66. The van der Waals surface area contributed by atoms with Gasteiger partial charge in [-0.1, -0.05) is 24.3 Å². The molecule has 1 amide bonds. The molecule has 0 saturated carbocycles. The van der Waals surface area contributed by atoms with Gasteiger partial charge in [0.1, 0.15) is 0 Å². The number of hydrogen-bond acceptors (Lipinski definition) is 6. The summed E-state index contributed by atoms with van der Waals surface area (Å²) in [5, 5.41) is 7.79. The van der Waals surface area contributed by atoms with E-state index in [9.17, 15) is 4.79 Å². The highest BCUT2D eigenvalue weighted by atomic mass is 16.7. The summed E-state index contributed by atoms with van der Waals surface area (Å²) in [6.45, 7) is 8.75. The van der Waals surface area contributed by atoms with Crippen molar-refractivity contribution in [2.75, 3.05) is 44.4 Å². The number of aromatic nitrogens is 2. The largest absolute Gasteiger partial charge is 0.454 e. The molecular formula is C25H29N5O3. The molecule has 3 aromatic rings. The van der Waals surface area contributed by atoms with Crippen LogP contribution >= 0.6 is 0 Å². The second-order valence-electron chi connectivity index (χ2n) is 8.49. The molecule has 33 heavy (non-hydrogen) atoms. The lowest BCUT2D eigenvalue weighted by Gasteiger charge is -2.35. The van der Waals surface area contributed by atoms with E-state index < -0.39 is 0 Å². The molecule has 2 aliphatic rings. The minimum absolute atomic E-state index is 0.0328. The second-order valence-corrected chi connectivity index (χ2v) is 8.49. The third kappa shape index (κ3) is 4.52. The highest BCUT2D eigenvalue weighted by Crippen LogP contribution is 2.32. The Morgan fingerprint density at radius 3 is 2.55 bits per heavy atom. The van der Waals surface area contributed by atoms with Crippen LogP contribution in [-0.2, 0) is 11.3 Å². The molecule has 8 nitrogen and oxygen atoms in total. The van der Waals surface area contributed by atoms with Gasteiger partial charge in [-0.05, 0) is 43.7 Å². The Kier molecular flexibility index (Phi) is 5.92. The minimum Gasteiger partial charge on any atom is -0.454 e. The van der Waals surface area contributed by atoms with Crippen LogP contribution in [0.5, 0.6) is 11.5 Å². The maximum Gasteiger partial charge on any atom is 0.234 e. The molecule has 1 N–H and O–H groups in total. The van der Waals surface area contributed by atoms with Crippen LogP contribution in [0, 0.1) is 13.8 Å². The summed E-state index contributed by atoms with van der Waals surface area (Å²) in [7, 11) is 0. The fourth-order valence-corrected chi connectivity index (χ4v) is 4.55. The Morgan fingerprint density at radius 1 is 1.00 bits per heavy atom. The molecule has 8 heteroatoms. The smallest absolute Gasteiger partial charge is 0.234 e. The van der Waals surface area contributed by atoms with Gasteiger partial charge in [0.2, 0.25) is 12.7 Å². The van der Waals surface area contributed by atoms with Gasteiger partial charge in [-0.25, -0.2) is 4.68 Å². The summed E-state index contributed by atoms with van der Waals surface area (Å²) in [4.78, 5) is 17.1. The molecule has 1 saturated heterocycles. The molecule has 1 aromatic heterocycles. The van der Waals surface area contributed by atoms with Gasteiger partial charge in [-0.2, -0.15) is 5.10 Å². The van der Waals surface area contributed by atoms with E-state index in [1.54, 1.807) is 0 Å². The first-order valence-corrected chi connectivity index (χ1v) is 11.3. The number of para-hydroxylation sites is 1. The Morgan fingerprint density at radius 2 is 1.76 bits per heavy atom. The minimum atomic E-state index is 0.0328. The maximum atomic E-state index is 12.5. The molecule has 172 valence electrons. The second kappa shape index (κ2) is 9.15. The molecule has 2 aromatic carbocycles. The highest BCUT2D eigenvalue weighted by Gasteiger charge is 2.24. The lowest BCUT2D eigenvalue weighted by molar-refractivity contribution is -0.122. The number of carbonyl (C=O) groups is 1. The third-order valence-electron chi connectivity index (χ3n) is 6.24. The number of piperazine rings is 1. The molecular weight excluding hydrogens is 418 g/mol. The summed E-state index contributed by atoms with van der Waals surface area (Å²) in [6, 6.07) is 16.0. The fourth-order valence-electron chi connectivity index (χ4n) is 4.55. The van der Waals surface area contributed by atoms with Gasteiger partial charge in [0.05, 0.1) is 29.3 Å². The summed E-state index contributed by atoms with van der Waals surface area (Å²) in [5.74, 6) is 1.52. The lowest BCUT2D eigenvalue weighted by atomic mass is 10.2. The van der Waals surface area contributed by atoms with E-state index in [0.717, 1.165) is 60.3 Å². The van der Waals surface area contributed by atoms with E-state index in [1.807, 2.05) is 41.1 Å². The number of rotatable bonds is 6. The Bertz CT molecular complexity index is 1140. The molecule has 0 radical (unpaired) electrons. The van der Waals surface area contributed by atoms with Crippen molar-refractivity contribution in [1.29, 1.82) is 0 Å². The van der Waals surface area contributed by atoms with Crippen molar-refractivity contribution in [2.24, 2.45) is 0 Å². The monoisotopic (exact) mass is 447 g/mol. The normalized spacial score (nSPS) is 15.6. The van der Waals surface area contributed by atoms with Crippen molar-refractivity contribution in [3.63, 3.8) is 0 Å². The van der Waals surface area contributed by atoms with Crippen molar-refractivity contribution >= 4 is 11.6 Å². The van der Waals surface area contributed by atoms with Crippen LogP contribution in [0.4, 0.5) is 5.69 Å². The standard InChI is InChI=1S/C25H29N5O3/c1-18-25(19(2)30(27-18)21-6-4-3-5-7-21)29-12-10-28(11-13-29)16-24(31)26-15-20-8-9-22-23(14-20)33-17-32-22/h3-9,14H,10-13,15-17H2,1-2H3,(H,26,31). The van der Waals surface area contributed by atoms with Gasteiger partial charge in [0, 0.05) is 32.7 Å². The molecule has 2 aliphatic heterocycles. The van der Waals surface area contributed by atoms with Gasteiger partial charge in [-0.3, -0.25) is 9.69 Å². The zero-order valence-electron chi connectivity index (χ0n) is 19.1. The number of ether oxygens (including phenoxy) is 2. The Hall–Kier alpha value is -3.52. The quantitative estimate of drug-likeness (QED) is 0.627. The van der Waals surface area contributed by atoms with Crippen LogP contribution in [0.1, 0.15) is 17.0 Å². The number of amides is 1. The summed E-state index contributed by atoms with van der Waals surface area (Å²) in [5.41, 5.74) is 5.45. The average Bonchev–Trinajstić information content (AvgIpc) is 3.42. The first-order chi connectivity index (χ1) is 16.1. The van der Waals surface area contributed by atoms with Gasteiger partial charge in [0.15, 0.2) is 11.5 Å². The van der Waals surface area contributed by atoms with E-state index in [4.69, 9.17) is 14.6 Å². The molecule has 0 atom stereocenters. The first-order valence-electron chi connectivity index (χ1n) is 11.3. The average molecular weight is 448 g/mol. The molecule has 1 fully saturated rings. The number of hydrogen-bond donors (Lipinski definition) is 1. The van der Waals surface area contributed by atoms with Crippen molar-refractivity contribution in [3.8, 4) is 17.2 Å². The first kappa shape index (κ1) is 21.3. The number of nitrogens with one attached hydrogen (secondary N) is 1. The molecule has 0 spiro atoms. The Balaban J connectivity index is 1.14. The number of benzene rings is 2. The van der Waals surface area contributed by atoms with E-state index in [0.29, 0.717) is 13.1 Å². The number of fused-ring (bicyclic) bond motifs is 1. The van der Waals surface area contributed by atoms with E-state index in [1.165, 1.54) is 5.69 Å². The summed E-state index contributed by atoms with van der Waals surface area (Å²) in [6.07, 6.45) is 0. The maximum absolute atomic E-state index is 12.5. The van der Waals surface area contributed by atoms with Crippen LogP contribution in [0.2, 0.25) is 0 Å². The molecule has 0 aliphatic carbocycles. The van der Waals surface area contributed by atoms with E-state index >= 15 is 0 Å². The van der Waals surface area contributed by atoms with Gasteiger partial charge < -0.3 is 19.7 Å². The van der Waals surface area contributed by atoms with Crippen LogP contribution in [0.25, 0.3) is 5.69 Å². The number of anilines is 1. The van der Waals surface area contributed by atoms with Crippen LogP contribution in [0.15, 0.2) is 48.5 Å². The van der Waals surface area contributed by atoms with Gasteiger partial charge >= 0.3 is 0 Å². The molecule has 0 unspecified atom stereocenters. The SMILES string of the molecule is Cc1nn(-c2ccccc2)c(C)c1N1CCN(CC(=O)NCc2ccc3c(c2)OCO3)CC1. The number of nitrogens with zero attached hydrogens (tertiary/aromatic N) is 4. The molecule has 5 rings (SSSR count). The van der Waals surface area contributed by atoms with Crippen molar-refractivity contribution in [2.45, 2.75) is 20.4 Å². The Labute approximate surface area is 193 Å². The number of aryl methyl sites for hydroxylation is 1. The van der Waals surface area contributed by atoms with Crippen molar-refractivity contribution in [3.05, 3.63) is 65.5 Å². The summed E-state index contributed by atoms with van der Waals surface area (Å²) >= 11 is 0. The van der Waals surface area contributed by atoms with Crippen LogP contribution < -0.4 is 19.7 Å².